The number of nitrogens with one attached hydrogen (secondary N) is 2. The van der Waals surface area contributed by atoms with Crippen molar-refractivity contribution >= 4 is 5.91 Å². The summed E-state index contributed by atoms with van der Waals surface area (Å²) in [6.45, 7) is 1.67. The number of aryl methyl sites for hydroxylation is 1. The van der Waals surface area contributed by atoms with E-state index in [9.17, 15) is 9.90 Å². The largest absolute Gasteiger partial charge is 0.390 e. The lowest BCUT2D eigenvalue weighted by molar-refractivity contribution is 0.0858. The number of fused-ring (bicyclic) bond motifs is 1. The Kier molecular flexibility index (Phi) is 7.50. The summed E-state index contributed by atoms with van der Waals surface area (Å²) in [5.41, 5.74) is 7.31. The molecule has 3 aromatic carbocycles. The van der Waals surface area contributed by atoms with Crippen LogP contribution in [0.1, 0.15) is 45.1 Å². The van der Waals surface area contributed by atoms with Gasteiger partial charge in [-0.15, -0.1) is 0 Å². The summed E-state index contributed by atoms with van der Waals surface area (Å²) in [5, 5.41) is 17.3. The van der Waals surface area contributed by atoms with Crippen molar-refractivity contribution in [1.29, 1.82) is 0 Å². The van der Waals surface area contributed by atoms with Gasteiger partial charge in [-0.3, -0.25) is 9.78 Å². The van der Waals surface area contributed by atoms with Crippen LogP contribution in [-0.4, -0.2) is 28.6 Å². The summed E-state index contributed by atoms with van der Waals surface area (Å²) >= 11 is 0. The van der Waals surface area contributed by atoms with E-state index in [2.05, 4.69) is 45.9 Å². The first-order chi connectivity index (χ1) is 17.7. The monoisotopic (exact) mass is 477 g/mol. The number of aliphatic hydroxyl groups excluding tert-OH is 1. The predicted octanol–water partition coefficient (Wildman–Crippen LogP) is 4.86. The quantitative estimate of drug-likeness (QED) is 0.301. The second kappa shape index (κ2) is 11.3. The number of pyridine rings is 1. The first kappa shape index (κ1) is 23.9. The number of benzene rings is 3. The average Bonchev–Trinajstić information content (AvgIpc) is 3.23. The third-order valence-electron chi connectivity index (χ3n) is 6.80. The molecule has 4 aromatic rings. The first-order valence-electron chi connectivity index (χ1n) is 12.5. The third-order valence-corrected chi connectivity index (χ3v) is 6.80. The van der Waals surface area contributed by atoms with Gasteiger partial charge in [-0.25, -0.2) is 0 Å². The fourth-order valence-corrected chi connectivity index (χ4v) is 4.82. The van der Waals surface area contributed by atoms with Gasteiger partial charge in [0.25, 0.3) is 5.91 Å². The number of hydrogen-bond donors (Lipinski definition) is 3. The Hall–Kier alpha value is -3.80. The molecule has 0 spiro atoms. The van der Waals surface area contributed by atoms with E-state index < -0.39 is 12.1 Å². The molecule has 182 valence electrons. The van der Waals surface area contributed by atoms with Gasteiger partial charge in [-0.1, -0.05) is 60.7 Å². The molecule has 0 bridgehead atoms. The van der Waals surface area contributed by atoms with Crippen molar-refractivity contribution in [2.75, 3.05) is 6.54 Å². The van der Waals surface area contributed by atoms with E-state index in [1.54, 1.807) is 0 Å². The van der Waals surface area contributed by atoms with E-state index in [-0.39, 0.29) is 5.91 Å². The molecule has 0 saturated heterocycles. The number of aliphatic hydroxyl groups is 1. The summed E-state index contributed by atoms with van der Waals surface area (Å²) < 4.78 is 0. The van der Waals surface area contributed by atoms with Crippen molar-refractivity contribution in [3.8, 4) is 11.1 Å². The lowest BCUT2D eigenvalue weighted by atomic mass is 10.0. The minimum absolute atomic E-state index is 0.175. The van der Waals surface area contributed by atoms with Gasteiger partial charge in [-0.05, 0) is 77.0 Å². The second-order valence-electron chi connectivity index (χ2n) is 9.33. The number of rotatable bonds is 9. The van der Waals surface area contributed by atoms with Gasteiger partial charge >= 0.3 is 0 Å². The highest BCUT2D eigenvalue weighted by Crippen LogP contribution is 2.32. The van der Waals surface area contributed by atoms with Crippen LogP contribution in [0, 0.1) is 0 Å². The molecule has 2 atom stereocenters. The van der Waals surface area contributed by atoms with Crippen LogP contribution in [0.25, 0.3) is 11.1 Å². The van der Waals surface area contributed by atoms with Crippen LogP contribution in [0.4, 0.5) is 0 Å². The minimum atomic E-state index is -0.629. The predicted molar refractivity (Wildman–Crippen MR) is 143 cm³/mol. The van der Waals surface area contributed by atoms with Crippen molar-refractivity contribution in [2.45, 2.75) is 38.0 Å². The van der Waals surface area contributed by atoms with Crippen LogP contribution < -0.4 is 10.6 Å². The van der Waals surface area contributed by atoms with Crippen molar-refractivity contribution in [3.05, 3.63) is 125 Å². The molecule has 0 saturated carbocycles. The molecule has 0 unspecified atom stereocenters. The Balaban J connectivity index is 1.18. The number of carbonyl (C=O) groups excluding carboxylic acids is 1. The zero-order valence-corrected chi connectivity index (χ0v) is 20.2. The zero-order valence-electron chi connectivity index (χ0n) is 20.2. The maximum Gasteiger partial charge on any atom is 0.251 e. The molecule has 0 radical (unpaired) electrons. The molecule has 1 aliphatic carbocycles. The maximum absolute atomic E-state index is 13.0. The highest BCUT2D eigenvalue weighted by atomic mass is 16.3. The van der Waals surface area contributed by atoms with Crippen LogP contribution in [0.3, 0.4) is 0 Å². The van der Waals surface area contributed by atoms with Crippen molar-refractivity contribution in [3.63, 3.8) is 0 Å². The van der Waals surface area contributed by atoms with E-state index in [0.717, 1.165) is 53.7 Å². The van der Waals surface area contributed by atoms with Gasteiger partial charge in [0, 0.05) is 30.9 Å². The van der Waals surface area contributed by atoms with Crippen molar-refractivity contribution < 1.29 is 9.90 Å². The fourth-order valence-electron chi connectivity index (χ4n) is 4.82. The third kappa shape index (κ3) is 5.70. The van der Waals surface area contributed by atoms with E-state index in [4.69, 9.17) is 0 Å². The molecule has 36 heavy (non-hydrogen) atoms. The van der Waals surface area contributed by atoms with Crippen LogP contribution in [0.2, 0.25) is 0 Å². The maximum atomic E-state index is 13.0. The molecule has 1 aliphatic rings. The summed E-state index contributed by atoms with van der Waals surface area (Å²) in [7, 11) is 0. The minimum Gasteiger partial charge on any atom is -0.390 e. The van der Waals surface area contributed by atoms with Crippen LogP contribution in [-0.2, 0) is 19.4 Å². The standard InChI is InChI=1S/C31H31N3O2/c35-29-20-27-9-8-23(21-33-16-4-5-22-14-17-32-18-15-22)19-28(27)30(29)34-31(36)26-12-10-25(11-13-26)24-6-2-1-3-7-24/h1-3,6-15,17-19,29-30,33,35H,4-5,16,20-21H2,(H,34,36)/t29-,30-/m1/s1. The van der Waals surface area contributed by atoms with Gasteiger partial charge in [0.05, 0.1) is 12.1 Å². The van der Waals surface area contributed by atoms with Crippen LogP contribution in [0.5, 0.6) is 0 Å². The Morgan fingerprint density at radius 2 is 1.64 bits per heavy atom. The number of hydrogen-bond acceptors (Lipinski definition) is 4. The molecular formula is C31H31N3O2. The van der Waals surface area contributed by atoms with Gasteiger partial charge in [0.15, 0.2) is 0 Å². The van der Waals surface area contributed by atoms with Gasteiger partial charge in [0.1, 0.15) is 0 Å². The zero-order chi connectivity index (χ0) is 24.7. The molecule has 1 amide bonds. The molecule has 5 heteroatoms. The van der Waals surface area contributed by atoms with Crippen LogP contribution in [0.15, 0.2) is 97.3 Å². The Morgan fingerprint density at radius 3 is 2.42 bits per heavy atom. The fraction of sp³-hybridized carbons (Fsp3) is 0.226. The van der Waals surface area contributed by atoms with E-state index >= 15 is 0 Å². The molecule has 3 N–H and O–H groups in total. The molecule has 0 aliphatic heterocycles. The van der Waals surface area contributed by atoms with Gasteiger partial charge in [0.2, 0.25) is 0 Å². The van der Waals surface area contributed by atoms with Gasteiger partial charge < -0.3 is 15.7 Å². The molecule has 5 nitrogen and oxygen atoms in total. The summed E-state index contributed by atoms with van der Waals surface area (Å²) in [6.07, 6.45) is 5.65. The summed E-state index contributed by atoms with van der Waals surface area (Å²) in [4.78, 5) is 17.1. The number of carbonyl (C=O) groups is 1. The van der Waals surface area contributed by atoms with Crippen LogP contribution >= 0.6 is 0 Å². The SMILES string of the molecule is O=C(N[C@@H]1c2cc(CNCCCc3ccncc3)ccc2C[C@H]1O)c1ccc(-c2ccccc2)cc1. The highest BCUT2D eigenvalue weighted by Gasteiger charge is 2.32. The molecule has 5 rings (SSSR count). The number of aromatic nitrogens is 1. The Bertz CT molecular complexity index is 1290. The smallest absolute Gasteiger partial charge is 0.251 e. The highest BCUT2D eigenvalue weighted by molar-refractivity contribution is 5.95. The lowest BCUT2D eigenvalue weighted by Crippen LogP contribution is -2.33. The normalized spacial score (nSPS) is 16.5. The topological polar surface area (TPSA) is 74.2 Å². The first-order valence-corrected chi connectivity index (χ1v) is 12.5. The summed E-state index contributed by atoms with van der Waals surface area (Å²) in [6, 6.07) is 27.7. The van der Waals surface area contributed by atoms with Gasteiger partial charge in [-0.2, -0.15) is 0 Å². The summed E-state index contributed by atoms with van der Waals surface area (Å²) in [5.74, 6) is -0.175. The van der Waals surface area contributed by atoms with Crippen molar-refractivity contribution in [2.24, 2.45) is 0 Å². The molecule has 1 aromatic heterocycles. The Labute approximate surface area is 212 Å². The van der Waals surface area contributed by atoms with E-state index in [0.29, 0.717) is 12.0 Å². The van der Waals surface area contributed by atoms with E-state index in [1.165, 1.54) is 5.56 Å². The van der Waals surface area contributed by atoms with Crippen molar-refractivity contribution in [1.82, 2.24) is 15.6 Å². The second-order valence-corrected chi connectivity index (χ2v) is 9.33. The number of amides is 1. The number of nitrogens with zero attached hydrogens (tertiary/aromatic N) is 1. The Morgan fingerprint density at radius 1 is 0.889 bits per heavy atom. The van der Waals surface area contributed by atoms with E-state index in [1.807, 2.05) is 67.0 Å². The molecule has 0 fully saturated rings. The lowest BCUT2D eigenvalue weighted by Gasteiger charge is -2.19. The molecular weight excluding hydrogens is 446 g/mol. The molecule has 1 heterocycles. The average molecular weight is 478 g/mol.